The molecule has 0 aromatic rings. The number of rotatable bonds is 0. The van der Waals surface area contributed by atoms with Gasteiger partial charge in [-0.05, 0) is 19.4 Å². The van der Waals surface area contributed by atoms with E-state index >= 15 is 0 Å². The normalized spacial score (nSPS) is 35.0. The van der Waals surface area contributed by atoms with Crippen LogP contribution in [0.3, 0.4) is 0 Å². The van der Waals surface area contributed by atoms with Crippen LogP contribution in [-0.2, 0) is 0 Å². The fourth-order valence-corrected chi connectivity index (χ4v) is 2.32. The van der Waals surface area contributed by atoms with Crippen molar-refractivity contribution in [3.05, 3.63) is 0 Å². The minimum Gasteiger partial charge on any atom is -0.411 e. The second kappa shape index (κ2) is 3.44. The van der Waals surface area contributed by atoms with Crippen LogP contribution in [0.25, 0.3) is 0 Å². The summed E-state index contributed by atoms with van der Waals surface area (Å²) in [5.74, 6) is 0. The lowest BCUT2D eigenvalue weighted by atomic mass is 9.92. The summed E-state index contributed by atoms with van der Waals surface area (Å²) in [4.78, 5) is 2.54. The van der Waals surface area contributed by atoms with E-state index in [1.807, 2.05) is 0 Å². The van der Waals surface area contributed by atoms with Gasteiger partial charge in [0.2, 0.25) is 0 Å². The van der Waals surface area contributed by atoms with Gasteiger partial charge in [0, 0.05) is 25.4 Å². The van der Waals surface area contributed by atoms with E-state index in [0.717, 1.165) is 25.1 Å². The Morgan fingerprint density at radius 1 is 1.33 bits per heavy atom. The van der Waals surface area contributed by atoms with Gasteiger partial charge in [0.1, 0.15) is 0 Å². The van der Waals surface area contributed by atoms with Crippen molar-refractivity contribution in [1.82, 2.24) is 4.90 Å². The van der Waals surface area contributed by atoms with Gasteiger partial charge in [-0.3, -0.25) is 4.90 Å². The Bertz CT molecular complexity index is 191. The predicted molar refractivity (Wildman–Crippen MR) is 47.7 cm³/mol. The Balaban J connectivity index is 1.98. The monoisotopic (exact) mass is 168 g/mol. The van der Waals surface area contributed by atoms with Crippen molar-refractivity contribution in [3.63, 3.8) is 0 Å². The third-order valence-electron chi connectivity index (χ3n) is 3.05. The van der Waals surface area contributed by atoms with Crippen molar-refractivity contribution in [2.75, 3.05) is 13.1 Å². The molecule has 3 heteroatoms. The van der Waals surface area contributed by atoms with Crippen molar-refractivity contribution in [3.8, 4) is 0 Å². The molecule has 2 rings (SSSR count). The lowest BCUT2D eigenvalue weighted by Gasteiger charge is -2.39. The molecule has 0 amide bonds. The summed E-state index contributed by atoms with van der Waals surface area (Å²) in [6, 6.07) is 0.679. The Kier molecular flexibility index (Phi) is 2.30. The number of nitrogens with zero attached hydrogens (tertiary/aromatic N) is 2. The molecule has 0 bridgehead atoms. The molecule has 1 N–H and O–H groups in total. The minimum atomic E-state index is 0.679. The maximum Gasteiger partial charge on any atom is 0.0599 e. The molecule has 2 aliphatic rings. The quantitative estimate of drug-likeness (QED) is 0.439. The van der Waals surface area contributed by atoms with Crippen molar-refractivity contribution in [2.45, 2.75) is 38.1 Å². The summed E-state index contributed by atoms with van der Waals surface area (Å²) in [5.41, 5.74) is 0.998. The average molecular weight is 168 g/mol. The van der Waals surface area contributed by atoms with Crippen LogP contribution in [0.2, 0.25) is 0 Å². The molecule has 0 spiro atoms. The van der Waals surface area contributed by atoms with E-state index in [4.69, 9.17) is 5.21 Å². The second-order valence-corrected chi connectivity index (χ2v) is 3.81. The molecule has 0 saturated carbocycles. The van der Waals surface area contributed by atoms with Crippen LogP contribution in [0.1, 0.15) is 32.1 Å². The van der Waals surface area contributed by atoms with Crippen molar-refractivity contribution in [2.24, 2.45) is 5.16 Å². The van der Waals surface area contributed by atoms with E-state index in [2.05, 4.69) is 10.1 Å². The van der Waals surface area contributed by atoms with Crippen LogP contribution in [0.15, 0.2) is 5.16 Å². The molecule has 2 aliphatic heterocycles. The lowest BCUT2D eigenvalue weighted by Crippen LogP contribution is -2.45. The van der Waals surface area contributed by atoms with Crippen LogP contribution in [0.5, 0.6) is 0 Å². The summed E-state index contributed by atoms with van der Waals surface area (Å²) >= 11 is 0. The SMILES string of the molecule is ON=C1CCN2CCCCC2C1. The molecule has 3 nitrogen and oxygen atoms in total. The topological polar surface area (TPSA) is 35.8 Å². The molecule has 2 saturated heterocycles. The van der Waals surface area contributed by atoms with Crippen molar-refractivity contribution >= 4 is 5.71 Å². The first-order chi connectivity index (χ1) is 5.90. The van der Waals surface area contributed by atoms with Gasteiger partial charge in [-0.15, -0.1) is 0 Å². The average Bonchev–Trinajstić information content (AvgIpc) is 2.17. The Morgan fingerprint density at radius 3 is 3.08 bits per heavy atom. The van der Waals surface area contributed by atoms with Gasteiger partial charge in [0.05, 0.1) is 5.71 Å². The van der Waals surface area contributed by atoms with Crippen molar-refractivity contribution < 1.29 is 5.21 Å². The van der Waals surface area contributed by atoms with Crippen LogP contribution < -0.4 is 0 Å². The fourth-order valence-electron chi connectivity index (χ4n) is 2.32. The van der Waals surface area contributed by atoms with Crippen molar-refractivity contribution in [1.29, 1.82) is 0 Å². The third kappa shape index (κ3) is 1.46. The highest BCUT2D eigenvalue weighted by molar-refractivity contribution is 5.85. The summed E-state index contributed by atoms with van der Waals surface area (Å²) in [7, 11) is 0. The molecule has 0 aromatic carbocycles. The smallest absolute Gasteiger partial charge is 0.0599 e. The van der Waals surface area contributed by atoms with Crippen LogP contribution in [0.4, 0.5) is 0 Å². The first-order valence-corrected chi connectivity index (χ1v) is 4.84. The fraction of sp³-hybridized carbons (Fsp3) is 0.889. The van der Waals surface area contributed by atoms with E-state index in [1.54, 1.807) is 0 Å². The predicted octanol–water partition coefficient (Wildman–Crippen LogP) is 1.46. The van der Waals surface area contributed by atoms with Crippen LogP contribution in [0, 0.1) is 0 Å². The van der Waals surface area contributed by atoms with Gasteiger partial charge in [-0.25, -0.2) is 0 Å². The Morgan fingerprint density at radius 2 is 2.25 bits per heavy atom. The summed E-state index contributed by atoms with van der Waals surface area (Å²) in [6.07, 6.45) is 5.95. The minimum absolute atomic E-state index is 0.679. The molecular weight excluding hydrogens is 152 g/mol. The standard InChI is InChI=1S/C9H16N2O/c12-10-8-4-6-11-5-2-1-3-9(11)7-8/h9,12H,1-7H2. The highest BCUT2D eigenvalue weighted by Gasteiger charge is 2.27. The molecule has 0 aromatic heterocycles. The number of hydrogen-bond acceptors (Lipinski definition) is 3. The molecular formula is C9H16N2O. The molecule has 1 atom stereocenters. The molecule has 68 valence electrons. The summed E-state index contributed by atoms with van der Waals surface area (Å²) in [6.45, 7) is 2.35. The molecule has 0 radical (unpaired) electrons. The number of hydrogen-bond donors (Lipinski definition) is 1. The molecule has 12 heavy (non-hydrogen) atoms. The first kappa shape index (κ1) is 8.05. The first-order valence-electron chi connectivity index (χ1n) is 4.84. The van der Waals surface area contributed by atoms with Gasteiger partial charge < -0.3 is 5.21 Å². The third-order valence-corrected chi connectivity index (χ3v) is 3.05. The van der Waals surface area contributed by atoms with Gasteiger partial charge >= 0.3 is 0 Å². The van der Waals surface area contributed by atoms with Crippen LogP contribution >= 0.6 is 0 Å². The van der Waals surface area contributed by atoms with E-state index in [-0.39, 0.29) is 0 Å². The zero-order chi connectivity index (χ0) is 8.39. The zero-order valence-corrected chi connectivity index (χ0v) is 7.37. The molecule has 1 unspecified atom stereocenters. The largest absolute Gasteiger partial charge is 0.411 e. The maximum absolute atomic E-state index is 8.65. The Hall–Kier alpha value is -0.570. The Labute approximate surface area is 73.1 Å². The lowest BCUT2D eigenvalue weighted by molar-refractivity contribution is 0.142. The van der Waals surface area contributed by atoms with Gasteiger partial charge in [-0.1, -0.05) is 11.6 Å². The maximum atomic E-state index is 8.65. The summed E-state index contributed by atoms with van der Waals surface area (Å²) < 4.78 is 0. The molecule has 2 fully saturated rings. The number of piperidine rings is 2. The number of oxime groups is 1. The van der Waals surface area contributed by atoms with E-state index in [0.29, 0.717) is 6.04 Å². The highest BCUT2D eigenvalue weighted by atomic mass is 16.4. The highest BCUT2D eigenvalue weighted by Crippen LogP contribution is 2.24. The number of fused-ring (bicyclic) bond motifs is 1. The zero-order valence-electron chi connectivity index (χ0n) is 7.37. The summed E-state index contributed by atoms with van der Waals surface area (Å²) in [5, 5.41) is 12.0. The van der Waals surface area contributed by atoms with Crippen LogP contribution in [-0.4, -0.2) is 35.0 Å². The van der Waals surface area contributed by atoms with Gasteiger partial charge in [0.25, 0.3) is 0 Å². The second-order valence-electron chi connectivity index (χ2n) is 3.81. The van der Waals surface area contributed by atoms with Gasteiger partial charge in [0.15, 0.2) is 0 Å². The van der Waals surface area contributed by atoms with Gasteiger partial charge in [-0.2, -0.15) is 0 Å². The molecule has 0 aliphatic carbocycles. The van der Waals surface area contributed by atoms with E-state index < -0.39 is 0 Å². The van der Waals surface area contributed by atoms with E-state index in [9.17, 15) is 0 Å². The van der Waals surface area contributed by atoms with E-state index in [1.165, 1.54) is 25.8 Å². The molecule has 2 heterocycles.